The van der Waals surface area contributed by atoms with Crippen LogP contribution in [0.1, 0.15) is 42.9 Å². The van der Waals surface area contributed by atoms with E-state index >= 15 is 4.39 Å². The van der Waals surface area contributed by atoms with Gasteiger partial charge in [0.25, 0.3) is 0 Å². The molecule has 0 bridgehead atoms. The summed E-state index contributed by atoms with van der Waals surface area (Å²) in [6.07, 6.45) is 1.21. The molecule has 0 radical (unpaired) electrons. The Kier molecular flexibility index (Phi) is 6.09. The van der Waals surface area contributed by atoms with E-state index in [1.807, 2.05) is 0 Å². The monoisotopic (exact) mass is 480 g/mol. The zero-order chi connectivity index (χ0) is 24.7. The van der Waals surface area contributed by atoms with Crippen LogP contribution in [0.3, 0.4) is 0 Å². The number of hydrogen-bond donors (Lipinski definition) is 1. The number of methoxy groups -OCH3 is 1. The predicted molar refractivity (Wildman–Crippen MR) is 126 cm³/mol. The summed E-state index contributed by atoms with van der Waals surface area (Å²) in [7, 11) is 1.53. The molecule has 1 aliphatic carbocycles. The summed E-state index contributed by atoms with van der Waals surface area (Å²) in [5.41, 5.74) is 2.20. The Labute approximate surface area is 202 Å². The van der Waals surface area contributed by atoms with Crippen molar-refractivity contribution in [2.45, 2.75) is 31.8 Å². The van der Waals surface area contributed by atoms with Crippen molar-refractivity contribution in [1.82, 2.24) is 0 Å². The second kappa shape index (κ2) is 9.21. The standard InChI is InChI=1S/C28H26F2O5/c1-15(28(31)32)25(18-7-8-18)20-10-12-23-27(26(20)30)35-24(14-34-23)17-5-3-16(4-6-17)21-13-19(33-2)9-11-22(21)29/h3-6,9-13,15,18,24-25H,7-8,14H2,1-2H3,(H,31,32)/t15-,24?,25?/m0/s1. The molecular formula is C28H26F2O5. The topological polar surface area (TPSA) is 65.0 Å². The molecule has 182 valence electrons. The maximum atomic E-state index is 15.7. The van der Waals surface area contributed by atoms with Crippen LogP contribution in [-0.2, 0) is 4.79 Å². The highest BCUT2D eigenvalue weighted by molar-refractivity contribution is 5.71. The van der Waals surface area contributed by atoms with Gasteiger partial charge in [-0.2, -0.15) is 0 Å². The number of fused-ring (bicyclic) bond motifs is 1. The van der Waals surface area contributed by atoms with Crippen LogP contribution in [0.15, 0.2) is 54.6 Å². The Hall–Kier alpha value is -3.61. The quantitative estimate of drug-likeness (QED) is 0.426. The number of ether oxygens (including phenoxy) is 3. The largest absolute Gasteiger partial charge is 0.497 e. The molecule has 1 fully saturated rings. The molecule has 1 heterocycles. The first-order valence-electron chi connectivity index (χ1n) is 11.7. The molecule has 2 aliphatic rings. The number of halogens is 2. The van der Waals surface area contributed by atoms with Crippen molar-refractivity contribution >= 4 is 5.97 Å². The Balaban J connectivity index is 1.41. The van der Waals surface area contributed by atoms with Gasteiger partial charge in [-0.05, 0) is 59.7 Å². The van der Waals surface area contributed by atoms with Crippen LogP contribution < -0.4 is 14.2 Å². The summed E-state index contributed by atoms with van der Waals surface area (Å²) >= 11 is 0. The highest BCUT2D eigenvalue weighted by Crippen LogP contribution is 2.50. The number of aliphatic carboxylic acids is 1. The third-order valence-electron chi connectivity index (χ3n) is 6.93. The molecule has 3 aromatic carbocycles. The average molecular weight is 481 g/mol. The van der Waals surface area contributed by atoms with Crippen molar-refractivity contribution in [3.05, 3.63) is 77.4 Å². The first-order chi connectivity index (χ1) is 16.9. The minimum absolute atomic E-state index is 0.00454. The first kappa shape index (κ1) is 23.1. The van der Waals surface area contributed by atoms with Gasteiger partial charge in [0.1, 0.15) is 18.2 Å². The summed E-state index contributed by atoms with van der Waals surface area (Å²) < 4.78 is 47.0. The van der Waals surface area contributed by atoms with E-state index in [4.69, 9.17) is 14.2 Å². The normalized spacial score (nSPS) is 18.6. The van der Waals surface area contributed by atoms with Crippen molar-refractivity contribution in [3.63, 3.8) is 0 Å². The molecule has 1 aliphatic heterocycles. The van der Waals surface area contributed by atoms with Gasteiger partial charge in [-0.25, -0.2) is 8.78 Å². The van der Waals surface area contributed by atoms with Gasteiger partial charge in [0.15, 0.2) is 23.4 Å². The minimum atomic E-state index is -0.943. The van der Waals surface area contributed by atoms with Crippen molar-refractivity contribution in [2.24, 2.45) is 11.8 Å². The third-order valence-corrected chi connectivity index (χ3v) is 6.93. The van der Waals surface area contributed by atoms with Gasteiger partial charge in [0, 0.05) is 11.5 Å². The number of carbonyl (C=O) groups is 1. The summed E-state index contributed by atoms with van der Waals surface area (Å²) in [5.74, 6) is -1.98. The zero-order valence-corrected chi connectivity index (χ0v) is 19.5. The lowest BCUT2D eigenvalue weighted by Gasteiger charge is -2.29. The van der Waals surface area contributed by atoms with E-state index in [1.165, 1.54) is 13.2 Å². The molecule has 0 saturated heterocycles. The highest BCUT2D eigenvalue weighted by Gasteiger charge is 2.41. The second-order valence-electron chi connectivity index (χ2n) is 9.17. The molecule has 0 spiro atoms. The molecule has 5 nitrogen and oxygen atoms in total. The van der Waals surface area contributed by atoms with E-state index in [-0.39, 0.29) is 24.1 Å². The lowest BCUT2D eigenvalue weighted by atomic mass is 9.83. The van der Waals surface area contributed by atoms with E-state index < -0.39 is 29.7 Å². The van der Waals surface area contributed by atoms with Crippen LogP contribution >= 0.6 is 0 Å². The Morgan fingerprint density at radius 1 is 1.09 bits per heavy atom. The van der Waals surface area contributed by atoms with Crippen molar-refractivity contribution in [1.29, 1.82) is 0 Å². The second-order valence-corrected chi connectivity index (χ2v) is 9.17. The van der Waals surface area contributed by atoms with Crippen LogP contribution in [0.4, 0.5) is 8.78 Å². The maximum Gasteiger partial charge on any atom is 0.306 e. The first-order valence-corrected chi connectivity index (χ1v) is 11.7. The Morgan fingerprint density at radius 3 is 2.49 bits per heavy atom. The van der Waals surface area contributed by atoms with Crippen molar-refractivity contribution in [3.8, 4) is 28.4 Å². The zero-order valence-electron chi connectivity index (χ0n) is 19.5. The van der Waals surface area contributed by atoms with Crippen LogP contribution in [-0.4, -0.2) is 24.8 Å². The number of carboxylic acids is 1. The lowest BCUT2D eigenvalue weighted by Crippen LogP contribution is -2.25. The molecule has 5 rings (SSSR count). The van der Waals surface area contributed by atoms with Crippen LogP contribution in [0.25, 0.3) is 11.1 Å². The summed E-state index contributed by atoms with van der Waals surface area (Å²) in [4.78, 5) is 11.7. The molecule has 1 saturated carbocycles. The van der Waals surface area contributed by atoms with Gasteiger partial charge in [-0.3, -0.25) is 4.79 Å². The fourth-order valence-electron chi connectivity index (χ4n) is 4.81. The Morgan fingerprint density at radius 2 is 1.83 bits per heavy atom. The smallest absolute Gasteiger partial charge is 0.306 e. The number of carboxylic acid groups (broad SMARTS) is 1. The SMILES string of the molecule is COc1ccc(F)c(-c2ccc(C3COc4ccc(C(C5CC5)[C@H](C)C(=O)O)c(F)c4O3)cc2)c1. The fraction of sp³-hybridized carbons (Fsp3) is 0.321. The van der Waals surface area contributed by atoms with Gasteiger partial charge in [0.2, 0.25) is 0 Å². The molecule has 1 N–H and O–H groups in total. The molecule has 0 amide bonds. The van der Waals surface area contributed by atoms with E-state index in [0.29, 0.717) is 28.2 Å². The van der Waals surface area contributed by atoms with Crippen molar-refractivity contribution < 1.29 is 32.9 Å². The number of rotatable bonds is 7. The molecule has 35 heavy (non-hydrogen) atoms. The molecule has 3 aromatic rings. The average Bonchev–Trinajstić information content (AvgIpc) is 3.71. The highest BCUT2D eigenvalue weighted by atomic mass is 19.1. The predicted octanol–water partition coefficient (Wildman–Crippen LogP) is 6.37. The molecule has 7 heteroatoms. The van der Waals surface area contributed by atoms with E-state index in [1.54, 1.807) is 55.5 Å². The summed E-state index contributed by atoms with van der Waals surface area (Å²) in [5, 5.41) is 9.55. The summed E-state index contributed by atoms with van der Waals surface area (Å²) in [6.45, 7) is 1.81. The van der Waals surface area contributed by atoms with Crippen LogP contribution in [0.2, 0.25) is 0 Å². The molecule has 2 unspecified atom stereocenters. The molecule has 3 atom stereocenters. The van der Waals surface area contributed by atoms with Gasteiger partial charge in [-0.1, -0.05) is 37.3 Å². The lowest BCUT2D eigenvalue weighted by molar-refractivity contribution is -0.142. The molecule has 0 aromatic heterocycles. The number of benzene rings is 3. The maximum absolute atomic E-state index is 15.7. The Bertz CT molecular complexity index is 1250. The van der Waals surface area contributed by atoms with Gasteiger partial charge in [-0.15, -0.1) is 0 Å². The van der Waals surface area contributed by atoms with Crippen LogP contribution in [0, 0.1) is 23.5 Å². The van der Waals surface area contributed by atoms with Gasteiger partial charge in [0.05, 0.1) is 13.0 Å². The minimum Gasteiger partial charge on any atom is -0.497 e. The molecular weight excluding hydrogens is 454 g/mol. The van der Waals surface area contributed by atoms with Gasteiger partial charge >= 0.3 is 5.97 Å². The third kappa shape index (κ3) is 4.43. The van der Waals surface area contributed by atoms with Gasteiger partial charge < -0.3 is 19.3 Å². The fourth-order valence-corrected chi connectivity index (χ4v) is 4.81. The van der Waals surface area contributed by atoms with Crippen molar-refractivity contribution in [2.75, 3.05) is 13.7 Å². The van der Waals surface area contributed by atoms with E-state index in [2.05, 4.69) is 0 Å². The van der Waals surface area contributed by atoms with Crippen LogP contribution in [0.5, 0.6) is 17.2 Å². The van der Waals surface area contributed by atoms with E-state index in [9.17, 15) is 14.3 Å². The van der Waals surface area contributed by atoms with E-state index in [0.717, 1.165) is 18.4 Å². The summed E-state index contributed by atoms with van der Waals surface area (Å²) in [6, 6.07) is 15.0. The number of hydrogen-bond acceptors (Lipinski definition) is 4.